The van der Waals surface area contributed by atoms with E-state index >= 15 is 0 Å². The SMILES string of the molecule is CS(=O)(=O)NCCCNCc1cccc(F)c1Cl. The van der Waals surface area contributed by atoms with Crippen LogP contribution in [0, 0.1) is 5.82 Å². The summed E-state index contributed by atoms with van der Waals surface area (Å²) in [7, 11) is -3.12. The molecule has 0 atom stereocenters. The molecule has 0 saturated heterocycles. The number of rotatable bonds is 7. The summed E-state index contributed by atoms with van der Waals surface area (Å²) in [6, 6.07) is 4.65. The van der Waals surface area contributed by atoms with Crippen molar-refractivity contribution in [2.24, 2.45) is 0 Å². The predicted octanol–water partition coefficient (Wildman–Crippen LogP) is 1.51. The predicted molar refractivity (Wildman–Crippen MR) is 70.6 cm³/mol. The fourth-order valence-electron chi connectivity index (χ4n) is 1.38. The lowest BCUT2D eigenvalue weighted by atomic mass is 10.2. The van der Waals surface area contributed by atoms with E-state index in [0.717, 1.165) is 6.26 Å². The zero-order valence-corrected chi connectivity index (χ0v) is 11.6. The molecule has 0 radical (unpaired) electrons. The molecule has 0 aliphatic carbocycles. The molecule has 0 unspecified atom stereocenters. The third kappa shape index (κ3) is 5.77. The molecule has 1 aromatic carbocycles. The number of hydrogen-bond donors (Lipinski definition) is 2. The zero-order chi connectivity index (χ0) is 13.6. The first-order valence-corrected chi connectivity index (χ1v) is 7.75. The van der Waals surface area contributed by atoms with E-state index in [1.807, 2.05) is 0 Å². The Morgan fingerprint density at radius 3 is 2.72 bits per heavy atom. The molecule has 0 bridgehead atoms. The topological polar surface area (TPSA) is 58.2 Å². The van der Waals surface area contributed by atoms with Crippen molar-refractivity contribution in [3.8, 4) is 0 Å². The van der Waals surface area contributed by atoms with E-state index in [4.69, 9.17) is 11.6 Å². The van der Waals surface area contributed by atoms with Gasteiger partial charge in [-0.2, -0.15) is 0 Å². The maximum absolute atomic E-state index is 13.1. The van der Waals surface area contributed by atoms with Gasteiger partial charge in [0.1, 0.15) is 5.82 Å². The van der Waals surface area contributed by atoms with Crippen LogP contribution >= 0.6 is 11.6 Å². The van der Waals surface area contributed by atoms with Gasteiger partial charge in [0, 0.05) is 13.1 Å². The number of halogens is 2. The largest absolute Gasteiger partial charge is 0.313 e. The van der Waals surface area contributed by atoms with Crippen LogP contribution in [0.25, 0.3) is 0 Å². The van der Waals surface area contributed by atoms with E-state index in [0.29, 0.717) is 31.6 Å². The van der Waals surface area contributed by atoms with Crippen LogP contribution in [0.2, 0.25) is 5.02 Å². The minimum Gasteiger partial charge on any atom is -0.313 e. The minimum atomic E-state index is -3.12. The number of nitrogens with one attached hydrogen (secondary N) is 2. The first-order valence-electron chi connectivity index (χ1n) is 5.48. The van der Waals surface area contributed by atoms with Gasteiger partial charge in [-0.05, 0) is 24.6 Å². The molecule has 0 aliphatic heterocycles. The summed E-state index contributed by atoms with van der Waals surface area (Å²) in [4.78, 5) is 0. The second kappa shape index (κ2) is 7.04. The first-order chi connectivity index (χ1) is 8.40. The van der Waals surface area contributed by atoms with Crippen molar-refractivity contribution in [3.05, 3.63) is 34.6 Å². The molecule has 0 fully saturated rings. The van der Waals surface area contributed by atoms with Crippen LogP contribution in [-0.2, 0) is 16.6 Å². The van der Waals surface area contributed by atoms with Gasteiger partial charge in [0.2, 0.25) is 10.0 Å². The molecular formula is C11H16ClFN2O2S. The van der Waals surface area contributed by atoms with Gasteiger partial charge in [-0.1, -0.05) is 23.7 Å². The third-order valence-corrected chi connectivity index (χ3v) is 3.39. The molecule has 102 valence electrons. The van der Waals surface area contributed by atoms with Crippen LogP contribution in [-0.4, -0.2) is 27.8 Å². The second-order valence-electron chi connectivity index (χ2n) is 3.91. The molecule has 0 heterocycles. The lowest BCUT2D eigenvalue weighted by molar-refractivity contribution is 0.578. The molecule has 0 amide bonds. The van der Waals surface area contributed by atoms with Gasteiger partial charge in [0.15, 0.2) is 0 Å². The average Bonchev–Trinajstić information content (AvgIpc) is 2.27. The molecule has 1 aromatic rings. The van der Waals surface area contributed by atoms with Gasteiger partial charge in [0.25, 0.3) is 0 Å². The van der Waals surface area contributed by atoms with Crippen molar-refractivity contribution in [2.75, 3.05) is 19.3 Å². The summed E-state index contributed by atoms with van der Waals surface area (Å²) >= 11 is 5.79. The summed E-state index contributed by atoms with van der Waals surface area (Å²) < 4.78 is 37.0. The molecule has 1 rings (SSSR count). The van der Waals surface area contributed by atoms with Crippen LogP contribution in [0.15, 0.2) is 18.2 Å². The Bertz CT molecular complexity index is 494. The summed E-state index contributed by atoms with van der Waals surface area (Å²) in [5.74, 6) is -0.435. The van der Waals surface area contributed by atoms with Crippen LogP contribution in [0.1, 0.15) is 12.0 Å². The summed E-state index contributed by atoms with van der Waals surface area (Å²) in [5.41, 5.74) is 0.688. The van der Waals surface area contributed by atoms with Gasteiger partial charge in [-0.15, -0.1) is 0 Å². The van der Waals surface area contributed by atoms with Crippen LogP contribution in [0.4, 0.5) is 4.39 Å². The van der Waals surface area contributed by atoms with Crippen molar-refractivity contribution >= 4 is 21.6 Å². The van der Waals surface area contributed by atoms with E-state index in [-0.39, 0.29) is 5.02 Å². The van der Waals surface area contributed by atoms with Gasteiger partial charge in [-0.3, -0.25) is 0 Å². The van der Waals surface area contributed by atoms with Crippen LogP contribution < -0.4 is 10.0 Å². The van der Waals surface area contributed by atoms with Crippen LogP contribution in [0.3, 0.4) is 0 Å². The van der Waals surface area contributed by atoms with Crippen molar-refractivity contribution in [2.45, 2.75) is 13.0 Å². The Morgan fingerprint density at radius 2 is 2.06 bits per heavy atom. The van der Waals surface area contributed by atoms with Crippen LogP contribution in [0.5, 0.6) is 0 Å². The summed E-state index contributed by atoms with van der Waals surface area (Å²) in [5, 5.41) is 3.19. The highest BCUT2D eigenvalue weighted by Crippen LogP contribution is 2.19. The summed E-state index contributed by atoms with van der Waals surface area (Å²) in [6.07, 6.45) is 1.77. The van der Waals surface area contributed by atoms with Gasteiger partial charge in [0.05, 0.1) is 11.3 Å². The number of hydrogen-bond acceptors (Lipinski definition) is 3. The highest BCUT2D eigenvalue weighted by Gasteiger charge is 2.04. The fourth-order valence-corrected chi connectivity index (χ4v) is 2.09. The van der Waals surface area contributed by atoms with Crippen molar-refractivity contribution in [1.29, 1.82) is 0 Å². The molecule has 0 saturated carbocycles. The van der Waals surface area contributed by atoms with Crippen molar-refractivity contribution in [1.82, 2.24) is 10.0 Å². The minimum absolute atomic E-state index is 0.124. The Labute approximate surface area is 112 Å². The second-order valence-corrected chi connectivity index (χ2v) is 6.12. The third-order valence-electron chi connectivity index (χ3n) is 2.24. The van der Waals surface area contributed by atoms with E-state index in [2.05, 4.69) is 10.0 Å². The number of sulfonamides is 1. The van der Waals surface area contributed by atoms with Crippen molar-refractivity contribution in [3.63, 3.8) is 0 Å². The Kier molecular flexibility index (Phi) is 6.01. The molecule has 7 heteroatoms. The standard InChI is InChI=1S/C11H16ClFN2O2S/c1-18(16,17)15-7-3-6-14-8-9-4-2-5-10(13)11(9)12/h2,4-5,14-15H,3,6-8H2,1H3. The van der Waals surface area contributed by atoms with E-state index in [1.165, 1.54) is 6.07 Å². The Balaban J connectivity index is 2.24. The zero-order valence-electron chi connectivity index (χ0n) is 10.0. The lowest BCUT2D eigenvalue weighted by Gasteiger charge is -2.07. The van der Waals surface area contributed by atoms with Crippen molar-refractivity contribution < 1.29 is 12.8 Å². The van der Waals surface area contributed by atoms with E-state index < -0.39 is 15.8 Å². The molecule has 0 spiro atoms. The molecular weight excluding hydrogens is 279 g/mol. The molecule has 4 nitrogen and oxygen atoms in total. The normalized spacial score (nSPS) is 11.7. The first kappa shape index (κ1) is 15.4. The van der Waals surface area contributed by atoms with Gasteiger partial charge < -0.3 is 5.32 Å². The van der Waals surface area contributed by atoms with Gasteiger partial charge in [-0.25, -0.2) is 17.5 Å². The molecule has 0 aromatic heterocycles. The van der Waals surface area contributed by atoms with E-state index in [9.17, 15) is 12.8 Å². The highest BCUT2D eigenvalue weighted by atomic mass is 35.5. The highest BCUT2D eigenvalue weighted by molar-refractivity contribution is 7.88. The maximum Gasteiger partial charge on any atom is 0.208 e. The lowest BCUT2D eigenvalue weighted by Crippen LogP contribution is -2.26. The fraction of sp³-hybridized carbons (Fsp3) is 0.455. The average molecular weight is 295 g/mol. The molecule has 18 heavy (non-hydrogen) atoms. The van der Waals surface area contributed by atoms with E-state index in [1.54, 1.807) is 12.1 Å². The quantitative estimate of drug-likeness (QED) is 0.750. The Morgan fingerprint density at radius 1 is 1.33 bits per heavy atom. The van der Waals surface area contributed by atoms with Gasteiger partial charge >= 0.3 is 0 Å². The molecule has 2 N–H and O–H groups in total. The maximum atomic E-state index is 13.1. The Hall–Kier alpha value is -0.690. The number of benzene rings is 1. The monoisotopic (exact) mass is 294 g/mol. The smallest absolute Gasteiger partial charge is 0.208 e. The molecule has 0 aliphatic rings. The summed E-state index contributed by atoms with van der Waals surface area (Å²) in [6.45, 7) is 1.45.